The molecule has 1 saturated carbocycles. The first-order valence-electron chi connectivity index (χ1n) is 10.7. The Bertz CT molecular complexity index is 1080. The monoisotopic (exact) mass is 496 g/mol. The molecule has 1 unspecified atom stereocenters. The van der Waals surface area contributed by atoms with Gasteiger partial charge in [0.1, 0.15) is 4.90 Å². The van der Waals surface area contributed by atoms with E-state index in [1.807, 2.05) is 37.3 Å². The van der Waals surface area contributed by atoms with E-state index in [9.17, 15) is 13.2 Å². The van der Waals surface area contributed by atoms with Gasteiger partial charge in [-0.25, -0.2) is 8.42 Å². The molecule has 2 fully saturated rings. The van der Waals surface area contributed by atoms with Crippen LogP contribution in [0, 0.1) is 5.92 Å². The van der Waals surface area contributed by atoms with Crippen molar-refractivity contribution in [2.75, 3.05) is 26.3 Å². The van der Waals surface area contributed by atoms with Crippen LogP contribution in [0.4, 0.5) is 0 Å². The Labute approximate surface area is 199 Å². The highest BCUT2D eigenvalue weighted by Crippen LogP contribution is 2.38. The lowest BCUT2D eigenvalue weighted by molar-refractivity contribution is 0.0654. The van der Waals surface area contributed by atoms with E-state index in [0.29, 0.717) is 25.7 Å². The highest BCUT2D eigenvalue weighted by atomic mass is 35.5. The molecule has 0 bridgehead atoms. The van der Waals surface area contributed by atoms with Gasteiger partial charge in [0.2, 0.25) is 10.0 Å². The van der Waals surface area contributed by atoms with E-state index in [1.165, 1.54) is 16.4 Å². The molecule has 1 atom stereocenters. The van der Waals surface area contributed by atoms with E-state index in [4.69, 9.17) is 27.9 Å². The molecular weight excluding hydrogens is 471 g/mol. The lowest BCUT2D eigenvalue weighted by Gasteiger charge is -2.31. The molecule has 4 rings (SSSR count). The van der Waals surface area contributed by atoms with Crippen molar-refractivity contribution in [3.05, 3.63) is 63.6 Å². The zero-order valence-corrected chi connectivity index (χ0v) is 20.2. The molecule has 2 aliphatic rings. The molecule has 1 amide bonds. The number of rotatable bonds is 7. The fraction of sp³-hybridized carbons (Fsp3) is 0.435. The van der Waals surface area contributed by atoms with E-state index < -0.39 is 10.0 Å². The number of sulfonamides is 1. The fourth-order valence-electron chi connectivity index (χ4n) is 3.99. The summed E-state index contributed by atoms with van der Waals surface area (Å²) in [5.74, 6) is 0.138. The van der Waals surface area contributed by atoms with Crippen LogP contribution in [0.15, 0.2) is 47.4 Å². The summed E-state index contributed by atoms with van der Waals surface area (Å²) >= 11 is 12.7. The molecule has 1 aliphatic carbocycles. The third-order valence-corrected chi connectivity index (χ3v) is 8.77. The Morgan fingerprint density at radius 2 is 1.78 bits per heavy atom. The number of amides is 1. The number of hydrogen-bond donors (Lipinski definition) is 0. The van der Waals surface area contributed by atoms with E-state index in [-0.39, 0.29) is 45.5 Å². The van der Waals surface area contributed by atoms with Gasteiger partial charge in [0.15, 0.2) is 0 Å². The molecule has 1 aliphatic heterocycles. The van der Waals surface area contributed by atoms with Crippen molar-refractivity contribution in [1.82, 2.24) is 9.21 Å². The van der Waals surface area contributed by atoms with Crippen molar-refractivity contribution in [3.63, 3.8) is 0 Å². The van der Waals surface area contributed by atoms with E-state index >= 15 is 0 Å². The van der Waals surface area contributed by atoms with Crippen molar-refractivity contribution in [3.8, 4) is 0 Å². The van der Waals surface area contributed by atoms with Gasteiger partial charge in [-0.2, -0.15) is 4.31 Å². The van der Waals surface area contributed by atoms with Crippen LogP contribution in [0.3, 0.4) is 0 Å². The van der Waals surface area contributed by atoms with Crippen molar-refractivity contribution < 1.29 is 17.9 Å². The molecule has 0 radical (unpaired) electrons. The summed E-state index contributed by atoms with van der Waals surface area (Å²) in [6.45, 7) is 3.57. The predicted octanol–water partition coefficient (Wildman–Crippen LogP) is 4.46. The number of carbonyl (C=O) groups excluding carboxylic acids is 1. The van der Waals surface area contributed by atoms with Gasteiger partial charge in [-0.1, -0.05) is 53.5 Å². The van der Waals surface area contributed by atoms with Crippen LogP contribution in [0.1, 0.15) is 35.7 Å². The second kappa shape index (κ2) is 9.69. The maximum Gasteiger partial charge on any atom is 0.255 e. The molecule has 32 heavy (non-hydrogen) atoms. The highest BCUT2D eigenvalue weighted by Gasteiger charge is 2.36. The highest BCUT2D eigenvalue weighted by molar-refractivity contribution is 7.89. The molecule has 2 aromatic rings. The van der Waals surface area contributed by atoms with Crippen LogP contribution >= 0.6 is 23.2 Å². The second-order valence-corrected chi connectivity index (χ2v) is 11.0. The summed E-state index contributed by atoms with van der Waals surface area (Å²) < 4.78 is 33.0. The lowest BCUT2D eigenvalue weighted by atomic mass is 10.1. The van der Waals surface area contributed by atoms with Gasteiger partial charge in [-0.15, -0.1) is 0 Å². The maximum atomic E-state index is 13.7. The average molecular weight is 497 g/mol. The number of halogens is 2. The number of benzene rings is 2. The Morgan fingerprint density at radius 1 is 1.12 bits per heavy atom. The van der Waals surface area contributed by atoms with Crippen LogP contribution in [0.5, 0.6) is 0 Å². The third kappa shape index (κ3) is 4.97. The van der Waals surface area contributed by atoms with Crippen LogP contribution < -0.4 is 0 Å². The number of ether oxygens (including phenoxy) is 1. The molecule has 2 aromatic carbocycles. The number of hydrogen-bond acceptors (Lipinski definition) is 4. The quantitative estimate of drug-likeness (QED) is 0.567. The predicted molar refractivity (Wildman–Crippen MR) is 125 cm³/mol. The van der Waals surface area contributed by atoms with Gasteiger partial charge >= 0.3 is 0 Å². The van der Waals surface area contributed by atoms with Crippen LogP contribution in [-0.4, -0.2) is 55.9 Å². The molecular formula is C23H26Cl2N2O4S. The topological polar surface area (TPSA) is 66.9 Å². The van der Waals surface area contributed by atoms with Crippen molar-refractivity contribution >= 4 is 39.1 Å². The molecule has 1 saturated heterocycles. The minimum Gasteiger partial charge on any atom is -0.379 e. The van der Waals surface area contributed by atoms with Gasteiger partial charge < -0.3 is 9.64 Å². The summed E-state index contributed by atoms with van der Waals surface area (Å²) in [6, 6.07) is 12.4. The molecule has 0 N–H and O–H groups in total. The first-order valence-corrected chi connectivity index (χ1v) is 12.9. The third-order valence-electron chi connectivity index (χ3n) is 6.09. The Hall–Kier alpha value is -1.64. The van der Waals surface area contributed by atoms with Crippen LogP contribution in [-0.2, 0) is 21.3 Å². The lowest BCUT2D eigenvalue weighted by Crippen LogP contribution is -2.41. The standard InChI is InChI=1S/C23H26Cl2N2O4S/c1-16(18-7-8-18)27(15-17-5-3-2-4-6-17)23(28)19-13-22(21(25)14-20(19)24)32(29,30)26-9-11-31-12-10-26/h2-6,13-14,16,18H,7-12,15H2,1H3. The van der Waals surface area contributed by atoms with Crippen molar-refractivity contribution in [1.29, 1.82) is 0 Å². The van der Waals surface area contributed by atoms with E-state index in [2.05, 4.69) is 0 Å². The zero-order chi connectivity index (χ0) is 22.9. The van der Waals surface area contributed by atoms with Gasteiger partial charge in [-0.3, -0.25) is 4.79 Å². The normalized spacial score (nSPS) is 18.3. The van der Waals surface area contributed by atoms with Crippen LogP contribution in [0.2, 0.25) is 10.0 Å². The molecule has 6 nitrogen and oxygen atoms in total. The minimum absolute atomic E-state index is 0.00268. The summed E-state index contributed by atoms with van der Waals surface area (Å²) in [7, 11) is -3.88. The smallest absolute Gasteiger partial charge is 0.255 e. The fourth-order valence-corrected chi connectivity index (χ4v) is 6.22. The van der Waals surface area contributed by atoms with Gasteiger partial charge in [0.05, 0.1) is 28.8 Å². The summed E-state index contributed by atoms with van der Waals surface area (Å²) in [5, 5.41) is 0.143. The summed E-state index contributed by atoms with van der Waals surface area (Å²) in [6.07, 6.45) is 2.15. The first kappa shape index (κ1) is 23.5. The van der Waals surface area contributed by atoms with Crippen LogP contribution in [0.25, 0.3) is 0 Å². The molecule has 9 heteroatoms. The number of carbonyl (C=O) groups is 1. The van der Waals surface area contributed by atoms with Gasteiger partial charge in [0.25, 0.3) is 5.91 Å². The average Bonchev–Trinajstić information content (AvgIpc) is 3.63. The van der Waals surface area contributed by atoms with Crippen molar-refractivity contribution in [2.45, 2.75) is 37.2 Å². The molecule has 1 heterocycles. The van der Waals surface area contributed by atoms with E-state index in [1.54, 1.807) is 4.90 Å². The zero-order valence-electron chi connectivity index (χ0n) is 17.8. The second-order valence-electron chi connectivity index (χ2n) is 8.28. The molecule has 172 valence electrons. The van der Waals surface area contributed by atoms with Gasteiger partial charge in [-0.05, 0) is 43.4 Å². The van der Waals surface area contributed by atoms with Gasteiger partial charge in [0, 0.05) is 25.7 Å². The SMILES string of the molecule is CC(C1CC1)N(Cc1ccccc1)C(=O)c1cc(S(=O)(=O)N2CCOCC2)c(Cl)cc1Cl. The van der Waals surface area contributed by atoms with Crippen molar-refractivity contribution in [2.24, 2.45) is 5.92 Å². The largest absolute Gasteiger partial charge is 0.379 e. The Morgan fingerprint density at radius 3 is 2.41 bits per heavy atom. The number of morpholine rings is 1. The molecule has 0 aromatic heterocycles. The Kier molecular flexibility index (Phi) is 7.12. The Balaban J connectivity index is 1.70. The molecule has 0 spiro atoms. The summed E-state index contributed by atoms with van der Waals surface area (Å²) in [5.41, 5.74) is 1.14. The summed E-state index contributed by atoms with van der Waals surface area (Å²) in [4.78, 5) is 15.4. The minimum atomic E-state index is -3.88. The number of nitrogens with zero attached hydrogens (tertiary/aromatic N) is 2. The van der Waals surface area contributed by atoms with E-state index in [0.717, 1.165) is 18.4 Å². The maximum absolute atomic E-state index is 13.7. The first-order chi connectivity index (χ1) is 15.3.